The van der Waals surface area contributed by atoms with Gasteiger partial charge in [-0.25, -0.2) is 5.06 Å². The average molecular weight is 572 g/mol. The number of nitrogens with two attached hydrogens (primary N) is 1. The second-order valence-corrected chi connectivity index (χ2v) is 10.2. The van der Waals surface area contributed by atoms with Crippen LogP contribution in [0.2, 0.25) is 0 Å². The number of carbonyl (C=O) groups is 3. The Kier molecular flexibility index (Phi) is 7.59. The van der Waals surface area contributed by atoms with E-state index in [4.69, 9.17) is 15.3 Å². The molecule has 0 saturated carbocycles. The maximum absolute atomic E-state index is 13.1. The van der Waals surface area contributed by atoms with Crippen molar-refractivity contribution in [2.24, 2.45) is 5.73 Å². The molecule has 0 aliphatic heterocycles. The molecule has 0 aliphatic rings. The van der Waals surface area contributed by atoms with Crippen molar-refractivity contribution in [3.63, 3.8) is 0 Å². The van der Waals surface area contributed by atoms with Crippen LogP contribution < -0.4 is 10.5 Å². The average Bonchev–Trinajstić information content (AvgIpc) is 3.37. The molecular weight excluding hydrogens is 542 g/mol. The Balaban J connectivity index is 1.48. The number of ketones is 1. The summed E-state index contributed by atoms with van der Waals surface area (Å²) in [6.07, 6.45) is 0. The van der Waals surface area contributed by atoms with Gasteiger partial charge in [-0.3, -0.25) is 19.2 Å². The zero-order valence-electron chi connectivity index (χ0n) is 23.5. The van der Waals surface area contributed by atoms with E-state index < -0.39 is 17.6 Å². The van der Waals surface area contributed by atoms with E-state index in [9.17, 15) is 14.4 Å². The summed E-state index contributed by atoms with van der Waals surface area (Å²) in [6.45, 7) is 0.419. The summed E-state index contributed by atoms with van der Waals surface area (Å²) in [4.78, 5) is 43.9. The summed E-state index contributed by atoms with van der Waals surface area (Å²) in [7, 11) is 1.54. The third kappa shape index (κ3) is 5.43. The number of aromatic nitrogens is 1. The Morgan fingerprint density at radius 1 is 0.791 bits per heavy atom. The number of Topliss-reactive ketones (excluding diaryl/α,β-unsaturated/α-hetero) is 1. The number of carbonyl (C=O) groups excluding carboxylic acids is 3. The highest BCUT2D eigenvalue weighted by Crippen LogP contribution is 2.42. The van der Waals surface area contributed by atoms with Gasteiger partial charge in [-0.05, 0) is 28.6 Å². The molecule has 6 rings (SSSR count). The second-order valence-electron chi connectivity index (χ2n) is 10.2. The number of hydrogen-bond acceptors (Lipinski definition) is 5. The Bertz CT molecular complexity index is 1980. The van der Waals surface area contributed by atoms with Crippen LogP contribution in [-0.2, 0) is 27.6 Å². The van der Waals surface area contributed by atoms with E-state index in [0.717, 1.165) is 38.0 Å². The van der Waals surface area contributed by atoms with E-state index >= 15 is 0 Å². The highest BCUT2D eigenvalue weighted by molar-refractivity contribution is 6.46. The molecule has 1 heterocycles. The summed E-state index contributed by atoms with van der Waals surface area (Å²) in [6, 6.07) is 34.5. The highest BCUT2D eigenvalue weighted by atomic mass is 16.7. The first-order valence-corrected chi connectivity index (χ1v) is 13.8. The lowest BCUT2D eigenvalue weighted by molar-refractivity contribution is -0.184. The van der Waals surface area contributed by atoms with Crippen molar-refractivity contribution in [2.75, 3.05) is 13.7 Å². The number of hydroxylamine groups is 2. The number of hydrogen-bond donors (Lipinski definition) is 1. The number of primary amides is 1. The molecule has 2 amide bonds. The minimum atomic E-state index is -1.05. The van der Waals surface area contributed by atoms with Gasteiger partial charge in [0.25, 0.3) is 17.6 Å². The number of ether oxygens (including phenoxy) is 1. The van der Waals surface area contributed by atoms with Crippen LogP contribution >= 0.6 is 0 Å². The number of benzene rings is 5. The maximum Gasteiger partial charge on any atom is 0.289 e. The molecule has 0 spiro atoms. The Morgan fingerprint density at radius 2 is 1.47 bits per heavy atom. The standard InChI is InChI=1S/C35H29N3O5/c1-37(43-21-24-13-6-3-7-14-24)30(39)22-42-29-19-25-15-8-9-16-26(25)33-32(29)31-27(34(40)35(36)41)17-10-18-28(31)38(33)20-23-11-4-2-5-12-23/h2-19H,20-22H2,1H3,(H2,36,41). The van der Waals surface area contributed by atoms with Crippen LogP contribution in [0.25, 0.3) is 32.6 Å². The van der Waals surface area contributed by atoms with Gasteiger partial charge in [-0.1, -0.05) is 97.1 Å². The van der Waals surface area contributed by atoms with Gasteiger partial charge in [-0.15, -0.1) is 0 Å². The first-order chi connectivity index (χ1) is 20.9. The second kappa shape index (κ2) is 11.8. The van der Waals surface area contributed by atoms with Gasteiger partial charge < -0.3 is 15.0 Å². The van der Waals surface area contributed by atoms with Gasteiger partial charge in [0.05, 0.1) is 16.4 Å². The molecule has 8 nitrogen and oxygen atoms in total. The fourth-order valence-corrected chi connectivity index (χ4v) is 5.39. The van der Waals surface area contributed by atoms with E-state index in [1.54, 1.807) is 19.2 Å². The predicted molar refractivity (Wildman–Crippen MR) is 166 cm³/mol. The maximum atomic E-state index is 13.1. The van der Waals surface area contributed by atoms with Crippen molar-refractivity contribution in [1.29, 1.82) is 0 Å². The molecule has 0 aliphatic carbocycles. The molecule has 6 aromatic rings. The molecule has 1 aromatic heterocycles. The summed E-state index contributed by atoms with van der Waals surface area (Å²) >= 11 is 0. The van der Waals surface area contributed by atoms with Gasteiger partial charge in [0.15, 0.2) is 6.61 Å². The molecule has 0 radical (unpaired) electrons. The van der Waals surface area contributed by atoms with Crippen molar-refractivity contribution in [3.8, 4) is 5.75 Å². The molecule has 214 valence electrons. The number of fused-ring (bicyclic) bond motifs is 5. The number of nitrogens with zero attached hydrogens (tertiary/aromatic N) is 2. The monoisotopic (exact) mass is 571 g/mol. The summed E-state index contributed by atoms with van der Waals surface area (Å²) in [5, 5.41) is 4.15. The summed E-state index contributed by atoms with van der Waals surface area (Å²) in [5.41, 5.74) is 9.19. The lowest BCUT2D eigenvalue weighted by Crippen LogP contribution is -2.31. The molecule has 0 saturated heterocycles. The van der Waals surface area contributed by atoms with E-state index in [-0.39, 0.29) is 18.8 Å². The van der Waals surface area contributed by atoms with Gasteiger partial charge in [-0.2, -0.15) is 0 Å². The number of likely N-dealkylation sites (N-methyl/N-ethyl adjacent to an activating group) is 1. The Hall–Kier alpha value is -5.47. The van der Waals surface area contributed by atoms with Crippen LogP contribution in [0.5, 0.6) is 5.75 Å². The molecule has 43 heavy (non-hydrogen) atoms. The molecule has 0 bridgehead atoms. The van der Waals surface area contributed by atoms with E-state index in [1.807, 2.05) is 97.1 Å². The highest BCUT2D eigenvalue weighted by Gasteiger charge is 2.25. The number of amides is 2. The van der Waals surface area contributed by atoms with Crippen molar-refractivity contribution in [3.05, 3.63) is 126 Å². The van der Waals surface area contributed by atoms with Gasteiger partial charge >= 0.3 is 0 Å². The zero-order valence-corrected chi connectivity index (χ0v) is 23.5. The van der Waals surface area contributed by atoms with Crippen LogP contribution in [0, 0.1) is 0 Å². The molecule has 2 N–H and O–H groups in total. The van der Waals surface area contributed by atoms with Crippen molar-refractivity contribution in [1.82, 2.24) is 9.63 Å². The Morgan fingerprint density at radius 3 is 2.19 bits per heavy atom. The Labute approximate surface area is 247 Å². The van der Waals surface area contributed by atoms with Crippen molar-refractivity contribution >= 4 is 50.2 Å². The molecule has 5 aromatic carbocycles. The molecule has 0 atom stereocenters. The lowest BCUT2D eigenvalue weighted by atomic mass is 9.99. The predicted octanol–water partition coefficient (Wildman–Crippen LogP) is 5.63. The first-order valence-electron chi connectivity index (χ1n) is 13.8. The van der Waals surface area contributed by atoms with Crippen LogP contribution in [-0.4, -0.2) is 40.9 Å². The first kappa shape index (κ1) is 27.7. The van der Waals surface area contributed by atoms with Crippen LogP contribution in [0.1, 0.15) is 21.5 Å². The molecule has 8 heteroatoms. The quantitative estimate of drug-likeness (QED) is 0.130. The molecular formula is C35H29N3O5. The van der Waals surface area contributed by atoms with E-state index in [2.05, 4.69) is 4.57 Å². The normalized spacial score (nSPS) is 11.2. The van der Waals surface area contributed by atoms with Crippen molar-refractivity contribution < 1.29 is 24.0 Å². The summed E-state index contributed by atoms with van der Waals surface area (Å²) in [5.74, 6) is -1.83. The number of rotatable bonds is 10. The third-order valence-corrected chi connectivity index (χ3v) is 7.46. The fourth-order valence-electron chi connectivity index (χ4n) is 5.39. The van der Waals surface area contributed by atoms with Crippen LogP contribution in [0.15, 0.2) is 109 Å². The third-order valence-electron chi connectivity index (χ3n) is 7.46. The lowest BCUT2D eigenvalue weighted by Gasteiger charge is -2.18. The fraction of sp³-hybridized carbons (Fsp3) is 0.114. The van der Waals surface area contributed by atoms with Gasteiger partial charge in [0.2, 0.25) is 0 Å². The van der Waals surface area contributed by atoms with Gasteiger partial charge in [0.1, 0.15) is 12.4 Å². The van der Waals surface area contributed by atoms with Gasteiger partial charge in [0, 0.05) is 29.9 Å². The largest absolute Gasteiger partial charge is 0.483 e. The SMILES string of the molecule is CN(OCc1ccccc1)C(=O)COc1cc2ccccc2c2c1c1c(C(=O)C(N)=O)cccc1n2Cc1ccccc1. The van der Waals surface area contributed by atoms with Crippen molar-refractivity contribution in [2.45, 2.75) is 13.2 Å². The summed E-state index contributed by atoms with van der Waals surface area (Å²) < 4.78 is 8.33. The minimum Gasteiger partial charge on any atom is -0.483 e. The topological polar surface area (TPSA) is 104 Å². The molecule has 0 fully saturated rings. The van der Waals surface area contributed by atoms with E-state index in [1.165, 1.54) is 0 Å². The van der Waals surface area contributed by atoms with Crippen LogP contribution in [0.3, 0.4) is 0 Å². The zero-order chi connectivity index (χ0) is 29.9. The molecule has 0 unspecified atom stereocenters. The smallest absolute Gasteiger partial charge is 0.289 e. The van der Waals surface area contributed by atoms with E-state index in [0.29, 0.717) is 23.1 Å². The minimum absolute atomic E-state index is 0.177. The van der Waals surface area contributed by atoms with Crippen LogP contribution in [0.4, 0.5) is 0 Å².